The van der Waals surface area contributed by atoms with Crippen molar-refractivity contribution in [2.24, 2.45) is 0 Å². The number of carbonyl (C=O) groups excluding carboxylic acids is 2. The van der Waals surface area contributed by atoms with Gasteiger partial charge in [-0.25, -0.2) is 4.79 Å². The molecule has 31 heavy (non-hydrogen) atoms. The SMILES string of the molecule is Cc1cccc([N+](=O)[O-])c1NC(=O)COC(=O)c1c2ccccc2cc2ccccc12. The fourth-order valence-corrected chi connectivity index (χ4v) is 3.58. The summed E-state index contributed by atoms with van der Waals surface area (Å²) in [6.45, 7) is 1.08. The zero-order valence-corrected chi connectivity index (χ0v) is 16.6. The number of nitro groups is 1. The third-order valence-electron chi connectivity index (χ3n) is 5.02. The largest absolute Gasteiger partial charge is 0.452 e. The summed E-state index contributed by atoms with van der Waals surface area (Å²) in [5, 5.41) is 16.9. The van der Waals surface area contributed by atoms with Crippen LogP contribution < -0.4 is 5.32 Å². The maximum Gasteiger partial charge on any atom is 0.339 e. The number of amides is 1. The Morgan fingerprint density at radius 1 is 0.935 bits per heavy atom. The van der Waals surface area contributed by atoms with Crippen molar-refractivity contribution in [3.05, 3.63) is 94.0 Å². The van der Waals surface area contributed by atoms with E-state index in [1.807, 2.05) is 54.6 Å². The lowest BCUT2D eigenvalue weighted by molar-refractivity contribution is -0.384. The smallest absolute Gasteiger partial charge is 0.339 e. The second-order valence-electron chi connectivity index (χ2n) is 7.04. The molecule has 0 aliphatic carbocycles. The highest BCUT2D eigenvalue weighted by Crippen LogP contribution is 2.30. The lowest BCUT2D eigenvalue weighted by Crippen LogP contribution is -2.22. The van der Waals surface area contributed by atoms with E-state index in [1.54, 1.807) is 13.0 Å². The molecule has 4 aromatic rings. The normalized spacial score (nSPS) is 10.7. The Balaban J connectivity index is 1.59. The molecule has 4 rings (SSSR count). The number of para-hydroxylation sites is 1. The summed E-state index contributed by atoms with van der Waals surface area (Å²) in [6, 6.07) is 21.4. The number of benzene rings is 4. The van der Waals surface area contributed by atoms with Crippen LogP contribution in [-0.2, 0) is 9.53 Å². The number of fused-ring (bicyclic) bond motifs is 2. The first kappa shape index (κ1) is 20.0. The molecule has 0 spiro atoms. The van der Waals surface area contributed by atoms with Crippen LogP contribution in [0.1, 0.15) is 15.9 Å². The highest BCUT2D eigenvalue weighted by molar-refractivity contribution is 6.16. The topological polar surface area (TPSA) is 98.5 Å². The van der Waals surface area contributed by atoms with E-state index in [0.29, 0.717) is 11.1 Å². The van der Waals surface area contributed by atoms with Gasteiger partial charge in [-0.05, 0) is 40.1 Å². The van der Waals surface area contributed by atoms with Gasteiger partial charge < -0.3 is 10.1 Å². The van der Waals surface area contributed by atoms with Gasteiger partial charge in [-0.2, -0.15) is 0 Å². The zero-order chi connectivity index (χ0) is 22.0. The first-order valence-electron chi connectivity index (χ1n) is 9.57. The molecule has 0 heterocycles. The molecular weight excluding hydrogens is 396 g/mol. The lowest BCUT2D eigenvalue weighted by Gasteiger charge is -2.12. The van der Waals surface area contributed by atoms with Crippen molar-refractivity contribution in [3.8, 4) is 0 Å². The molecule has 4 aromatic carbocycles. The van der Waals surface area contributed by atoms with Crippen molar-refractivity contribution in [3.63, 3.8) is 0 Å². The summed E-state index contributed by atoms with van der Waals surface area (Å²) >= 11 is 0. The van der Waals surface area contributed by atoms with Crippen LogP contribution in [0, 0.1) is 17.0 Å². The number of esters is 1. The molecule has 0 aliphatic rings. The van der Waals surface area contributed by atoms with E-state index in [1.165, 1.54) is 12.1 Å². The van der Waals surface area contributed by atoms with Crippen LogP contribution in [0.2, 0.25) is 0 Å². The minimum absolute atomic E-state index is 0.0872. The standard InChI is InChI=1S/C24H18N2O5/c1-15-7-6-12-20(26(29)30)23(15)25-21(27)14-31-24(28)22-18-10-4-2-8-16(18)13-17-9-3-5-11-19(17)22/h2-13H,14H2,1H3,(H,25,27). The van der Waals surface area contributed by atoms with Gasteiger partial charge in [0.25, 0.3) is 11.6 Å². The molecule has 0 aromatic heterocycles. The molecule has 7 nitrogen and oxygen atoms in total. The molecule has 0 saturated carbocycles. The van der Waals surface area contributed by atoms with Gasteiger partial charge in [0.1, 0.15) is 5.69 Å². The molecule has 0 bridgehead atoms. The van der Waals surface area contributed by atoms with Gasteiger partial charge in [-0.1, -0.05) is 60.7 Å². The Kier molecular flexibility index (Phi) is 5.32. The highest BCUT2D eigenvalue weighted by atomic mass is 16.6. The number of nitro benzene ring substituents is 1. The Morgan fingerprint density at radius 3 is 2.16 bits per heavy atom. The molecular formula is C24H18N2O5. The lowest BCUT2D eigenvalue weighted by atomic mass is 9.97. The Morgan fingerprint density at radius 2 is 1.55 bits per heavy atom. The summed E-state index contributed by atoms with van der Waals surface area (Å²) in [4.78, 5) is 36.0. The van der Waals surface area contributed by atoms with Crippen molar-refractivity contribution in [2.45, 2.75) is 6.92 Å². The van der Waals surface area contributed by atoms with Crippen molar-refractivity contribution in [2.75, 3.05) is 11.9 Å². The van der Waals surface area contributed by atoms with Crippen LogP contribution in [0.3, 0.4) is 0 Å². The average molecular weight is 414 g/mol. The Labute approximate surface area is 177 Å². The highest BCUT2D eigenvalue weighted by Gasteiger charge is 2.20. The third-order valence-corrected chi connectivity index (χ3v) is 5.02. The number of rotatable bonds is 5. The molecule has 0 radical (unpaired) electrons. The predicted octanol–water partition coefficient (Wildman–Crippen LogP) is 5.01. The monoisotopic (exact) mass is 414 g/mol. The maximum atomic E-state index is 13.0. The van der Waals surface area contributed by atoms with E-state index in [9.17, 15) is 19.7 Å². The number of anilines is 1. The number of nitrogens with one attached hydrogen (secondary N) is 1. The minimum atomic E-state index is -0.657. The van der Waals surface area contributed by atoms with Gasteiger partial charge in [-0.15, -0.1) is 0 Å². The number of hydrogen-bond donors (Lipinski definition) is 1. The number of nitrogens with zero attached hydrogens (tertiary/aromatic N) is 1. The van der Waals surface area contributed by atoms with Gasteiger partial charge in [0.05, 0.1) is 10.5 Å². The van der Waals surface area contributed by atoms with Crippen molar-refractivity contribution >= 4 is 44.8 Å². The van der Waals surface area contributed by atoms with Crippen molar-refractivity contribution in [1.82, 2.24) is 0 Å². The van der Waals surface area contributed by atoms with E-state index in [4.69, 9.17) is 4.74 Å². The zero-order valence-electron chi connectivity index (χ0n) is 16.6. The molecule has 154 valence electrons. The minimum Gasteiger partial charge on any atom is -0.452 e. The maximum absolute atomic E-state index is 13.0. The molecule has 0 saturated heterocycles. The average Bonchev–Trinajstić information content (AvgIpc) is 2.77. The van der Waals surface area contributed by atoms with E-state index >= 15 is 0 Å². The van der Waals surface area contributed by atoms with E-state index in [2.05, 4.69) is 5.32 Å². The van der Waals surface area contributed by atoms with Crippen LogP contribution in [0.15, 0.2) is 72.8 Å². The van der Waals surface area contributed by atoms with E-state index < -0.39 is 23.4 Å². The summed E-state index contributed by atoms with van der Waals surface area (Å²) in [7, 11) is 0. The third kappa shape index (κ3) is 3.93. The fourth-order valence-electron chi connectivity index (χ4n) is 3.58. The Hall–Kier alpha value is -4.26. The summed E-state index contributed by atoms with van der Waals surface area (Å²) in [6.07, 6.45) is 0. The first-order valence-corrected chi connectivity index (χ1v) is 9.57. The molecule has 0 fully saturated rings. The van der Waals surface area contributed by atoms with Gasteiger partial charge in [0.15, 0.2) is 6.61 Å². The molecule has 1 N–H and O–H groups in total. The van der Waals surface area contributed by atoms with Crippen LogP contribution in [0.4, 0.5) is 11.4 Å². The Bertz CT molecular complexity index is 1290. The van der Waals surface area contributed by atoms with Crippen LogP contribution in [0.25, 0.3) is 21.5 Å². The summed E-state index contributed by atoms with van der Waals surface area (Å²) in [5.74, 6) is -1.29. The molecule has 0 aliphatic heterocycles. The fraction of sp³-hybridized carbons (Fsp3) is 0.0833. The van der Waals surface area contributed by atoms with Crippen LogP contribution in [-0.4, -0.2) is 23.4 Å². The molecule has 0 atom stereocenters. The summed E-state index contributed by atoms with van der Waals surface area (Å²) in [5.41, 5.74) is 0.779. The van der Waals surface area contributed by atoms with Crippen LogP contribution in [0.5, 0.6) is 0 Å². The second kappa shape index (κ2) is 8.23. The van der Waals surface area contributed by atoms with E-state index in [-0.39, 0.29) is 11.4 Å². The van der Waals surface area contributed by atoms with Gasteiger partial charge >= 0.3 is 5.97 Å². The quantitative estimate of drug-likeness (QED) is 0.214. The first-order chi connectivity index (χ1) is 15.0. The molecule has 0 unspecified atom stereocenters. The number of aryl methyl sites for hydroxylation is 1. The predicted molar refractivity (Wildman–Crippen MR) is 118 cm³/mol. The molecule has 7 heteroatoms. The number of ether oxygens (including phenoxy) is 1. The molecule has 1 amide bonds. The summed E-state index contributed by atoms with van der Waals surface area (Å²) < 4.78 is 5.30. The van der Waals surface area contributed by atoms with Gasteiger partial charge in [0.2, 0.25) is 0 Å². The number of hydrogen-bond acceptors (Lipinski definition) is 5. The van der Waals surface area contributed by atoms with Crippen molar-refractivity contribution < 1.29 is 19.2 Å². The van der Waals surface area contributed by atoms with Crippen molar-refractivity contribution in [1.29, 1.82) is 0 Å². The second-order valence-corrected chi connectivity index (χ2v) is 7.04. The van der Waals surface area contributed by atoms with E-state index in [0.717, 1.165) is 21.5 Å². The van der Waals surface area contributed by atoms with Gasteiger partial charge in [0, 0.05) is 6.07 Å². The number of carbonyl (C=O) groups is 2. The van der Waals surface area contributed by atoms with Gasteiger partial charge in [-0.3, -0.25) is 14.9 Å². The van der Waals surface area contributed by atoms with Crippen LogP contribution >= 0.6 is 0 Å².